The smallest absolute Gasteiger partial charge is 0.226 e. The third kappa shape index (κ3) is 2.98. The largest absolute Gasteiger partial charge is 0.493 e. The zero-order valence-electron chi connectivity index (χ0n) is 13.4. The molecule has 0 N–H and O–H groups in total. The number of amides is 1. The van der Waals surface area contributed by atoms with Gasteiger partial charge < -0.3 is 19.1 Å². The first-order chi connectivity index (χ1) is 10.7. The molecule has 0 radical (unpaired) electrons. The molecule has 2 saturated carbocycles. The fraction of sp³-hybridized carbons (Fsp3) is 0.588. The highest BCUT2D eigenvalue weighted by molar-refractivity contribution is 5.81. The van der Waals surface area contributed by atoms with Gasteiger partial charge in [-0.05, 0) is 43.4 Å². The highest BCUT2D eigenvalue weighted by Gasteiger charge is 2.40. The third-order valence-electron chi connectivity index (χ3n) is 4.27. The molecule has 1 aromatic carbocycles. The zero-order chi connectivity index (χ0) is 15.7. The van der Waals surface area contributed by atoms with Crippen LogP contribution >= 0.6 is 0 Å². The van der Waals surface area contributed by atoms with Crippen molar-refractivity contribution in [2.75, 3.05) is 21.3 Å². The molecule has 5 heteroatoms. The second-order valence-electron chi connectivity index (χ2n) is 6.01. The molecule has 0 spiro atoms. The minimum Gasteiger partial charge on any atom is -0.493 e. The summed E-state index contributed by atoms with van der Waals surface area (Å²) < 4.78 is 16.1. The van der Waals surface area contributed by atoms with Crippen molar-refractivity contribution in [1.29, 1.82) is 0 Å². The molecular weight excluding hydrogens is 282 g/mol. The van der Waals surface area contributed by atoms with E-state index in [-0.39, 0.29) is 5.92 Å². The molecule has 5 nitrogen and oxygen atoms in total. The lowest BCUT2D eigenvalue weighted by Crippen LogP contribution is -2.33. The molecule has 0 atom stereocenters. The Balaban J connectivity index is 1.85. The summed E-state index contributed by atoms with van der Waals surface area (Å²) >= 11 is 0. The van der Waals surface area contributed by atoms with Gasteiger partial charge in [0.15, 0.2) is 11.5 Å². The average molecular weight is 305 g/mol. The second kappa shape index (κ2) is 6.07. The van der Waals surface area contributed by atoms with E-state index in [1.165, 1.54) is 0 Å². The topological polar surface area (TPSA) is 48.0 Å². The molecule has 2 aliphatic carbocycles. The van der Waals surface area contributed by atoms with Crippen molar-refractivity contribution < 1.29 is 19.0 Å². The van der Waals surface area contributed by atoms with Gasteiger partial charge in [0, 0.05) is 18.5 Å². The molecule has 0 saturated heterocycles. The highest BCUT2D eigenvalue weighted by atomic mass is 16.5. The standard InChI is InChI=1S/C17H23NO4/c1-20-14-8-11(9-15(21-2)16(14)22-3)10-18(13-6-7-13)17(19)12-4-5-12/h8-9,12-13H,4-7,10H2,1-3H3. The first-order valence-electron chi connectivity index (χ1n) is 7.77. The Kier molecular flexibility index (Phi) is 4.14. The number of rotatable bonds is 7. The predicted molar refractivity (Wildman–Crippen MR) is 82.4 cm³/mol. The lowest BCUT2D eigenvalue weighted by atomic mass is 10.1. The van der Waals surface area contributed by atoms with Gasteiger partial charge in [-0.1, -0.05) is 0 Å². The second-order valence-corrected chi connectivity index (χ2v) is 6.01. The van der Waals surface area contributed by atoms with Gasteiger partial charge in [-0.2, -0.15) is 0 Å². The number of hydrogen-bond acceptors (Lipinski definition) is 4. The first kappa shape index (κ1) is 15.0. The van der Waals surface area contributed by atoms with Gasteiger partial charge in [0.1, 0.15) is 0 Å². The maximum absolute atomic E-state index is 12.5. The minimum absolute atomic E-state index is 0.252. The van der Waals surface area contributed by atoms with Crippen LogP contribution in [0, 0.1) is 5.92 Å². The highest BCUT2D eigenvalue weighted by Crippen LogP contribution is 2.40. The Morgan fingerprint density at radius 2 is 1.64 bits per heavy atom. The quantitative estimate of drug-likeness (QED) is 0.777. The molecule has 0 heterocycles. The number of benzene rings is 1. The van der Waals surface area contributed by atoms with Gasteiger partial charge in [-0.3, -0.25) is 4.79 Å². The molecule has 0 aromatic heterocycles. The van der Waals surface area contributed by atoms with Crippen LogP contribution in [0.25, 0.3) is 0 Å². The van der Waals surface area contributed by atoms with E-state index in [0.717, 1.165) is 31.2 Å². The van der Waals surface area contributed by atoms with Gasteiger partial charge in [-0.15, -0.1) is 0 Å². The Labute approximate surface area is 131 Å². The Hall–Kier alpha value is -1.91. The number of methoxy groups -OCH3 is 3. The zero-order valence-corrected chi connectivity index (χ0v) is 13.4. The molecule has 120 valence electrons. The maximum Gasteiger partial charge on any atom is 0.226 e. The van der Waals surface area contributed by atoms with Crippen LogP contribution in [0.3, 0.4) is 0 Å². The molecule has 0 bridgehead atoms. The van der Waals surface area contributed by atoms with E-state index in [1.807, 2.05) is 17.0 Å². The third-order valence-corrected chi connectivity index (χ3v) is 4.27. The molecule has 3 rings (SSSR count). The van der Waals surface area contributed by atoms with Crippen molar-refractivity contribution >= 4 is 5.91 Å². The van der Waals surface area contributed by atoms with Crippen LogP contribution in [0.4, 0.5) is 0 Å². The summed E-state index contributed by atoms with van der Waals surface area (Å²) in [6.07, 6.45) is 4.31. The molecule has 1 amide bonds. The monoisotopic (exact) mass is 305 g/mol. The van der Waals surface area contributed by atoms with E-state index in [0.29, 0.717) is 35.7 Å². The Morgan fingerprint density at radius 3 is 2.05 bits per heavy atom. The van der Waals surface area contributed by atoms with E-state index in [2.05, 4.69) is 0 Å². The summed E-state index contributed by atoms with van der Waals surface area (Å²) in [4.78, 5) is 14.5. The van der Waals surface area contributed by atoms with Crippen LogP contribution in [0.2, 0.25) is 0 Å². The molecule has 22 heavy (non-hydrogen) atoms. The number of carbonyl (C=O) groups is 1. The summed E-state index contributed by atoms with van der Waals surface area (Å²) in [6, 6.07) is 4.26. The van der Waals surface area contributed by atoms with E-state index in [4.69, 9.17) is 14.2 Å². The maximum atomic E-state index is 12.5. The van der Waals surface area contributed by atoms with Crippen LogP contribution < -0.4 is 14.2 Å². The number of hydrogen-bond donors (Lipinski definition) is 0. The Bertz CT molecular complexity index is 539. The van der Waals surface area contributed by atoms with Crippen molar-refractivity contribution in [1.82, 2.24) is 4.90 Å². The molecule has 2 fully saturated rings. The van der Waals surface area contributed by atoms with Crippen molar-refractivity contribution in [3.63, 3.8) is 0 Å². The number of nitrogens with zero attached hydrogens (tertiary/aromatic N) is 1. The van der Waals surface area contributed by atoms with E-state index in [9.17, 15) is 4.79 Å². The van der Waals surface area contributed by atoms with Gasteiger partial charge in [0.25, 0.3) is 0 Å². The van der Waals surface area contributed by atoms with Crippen molar-refractivity contribution in [3.05, 3.63) is 17.7 Å². The number of carbonyl (C=O) groups excluding carboxylic acids is 1. The summed E-state index contributed by atoms with van der Waals surface area (Å²) in [7, 11) is 4.80. The van der Waals surface area contributed by atoms with Gasteiger partial charge >= 0.3 is 0 Å². The average Bonchev–Trinajstić information content (AvgIpc) is 3.41. The van der Waals surface area contributed by atoms with E-state index >= 15 is 0 Å². The predicted octanol–water partition coefficient (Wildman–Crippen LogP) is 2.61. The van der Waals surface area contributed by atoms with E-state index < -0.39 is 0 Å². The molecular formula is C17H23NO4. The van der Waals surface area contributed by atoms with Crippen molar-refractivity contribution in [2.24, 2.45) is 5.92 Å². The summed E-state index contributed by atoms with van der Waals surface area (Å²) in [6.45, 7) is 0.608. The van der Waals surface area contributed by atoms with Crippen molar-refractivity contribution in [2.45, 2.75) is 38.3 Å². The lowest BCUT2D eigenvalue weighted by molar-refractivity contribution is -0.133. The van der Waals surface area contributed by atoms with Crippen LogP contribution in [-0.2, 0) is 11.3 Å². The normalized spacial score (nSPS) is 17.0. The SMILES string of the molecule is COc1cc(CN(C(=O)C2CC2)C2CC2)cc(OC)c1OC. The minimum atomic E-state index is 0.252. The van der Waals surface area contributed by atoms with E-state index in [1.54, 1.807) is 21.3 Å². The van der Waals surface area contributed by atoms with Gasteiger partial charge in [-0.25, -0.2) is 0 Å². The molecule has 0 unspecified atom stereocenters. The van der Waals surface area contributed by atoms with Gasteiger partial charge in [0.05, 0.1) is 21.3 Å². The molecule has 0 aliphatic heterocycles. The van der Waals surface area contributed by atoms with Crippen LogP contribution in [0.1, 0.15) is 31.2 Å². The summed E-state index contributed by atoms with van der Waals surface area (Å²) in [5.41, 5.74) is 1.01. The summed E-state index contributed by atoms with van der Waals surface area (Å²) in [5, 5.41) is 0. The molecule has 1 aromatic rings. The lowest BCUT2D eigenvalue weighted by Gasteiger charge is -2.23. The van der Waals surface area contributed by atoms with Crippen LogP contribution in [-0.4, -0.2) is 38.2 Å². The van der Waals surface area contributed by atoms with Gasteiger partial charge in [0.2, 0.25) is 11.7 Å². The molecule has 2 aliphatic rings. The van der Waals surface area contributed by atoms with Crippen LogP contribution in [0.5, 0.6) is 17.2 Å². The summed E-state index contributed by atoms with van der Waals surface area (Å²) in [5.74, 6) is 2.40. The number of ether oxygens (including phenoxy) is 3. The Morgan fingerprint density at radius 1 is 1.05 bits per heavy atom. The van der Waals surface area contributed by atoms with Crippen molar-refractivity contribution in [3.8, 4) is 17.2 Å². The fourth-order valence-electron chi connectivity index (χ4n) is 2.76. The fourth-order valence-corrected chi connectivity index (χ4v) is 2.76. The first-order valence-corrected chi connectivity index (χ1v) is 7.77. The van der Waals surface area contributed by atoms with Crippen LogP contribution in [0.15, 0.2) is 12.1 Å².